The Morgan fingerprint density at radius 3 is 2.19 bits per heavy atom. The van der Waals surface area contributed by atoms with Gasteiger partial charge in [-0.05, 0) is 110 Å². The van der Waals surface area contributed by atoms with Gasteiger partial charge in [0.25, 0.3) is 0 Å². The molecule has 0 fully saturated rings. The van der Waals surface area contributed by atoms with Crippen molar-refractivity contribution in [3.05, 3.63) is 74.8 Å². The van der Waals surface area contributed by atoms with Gasteiger partial charge in [0.1, 0.15) is 0 Å². The number of halogens is 1. The Morgan fingerprint density at radius 1 is 1.00 bits per heavy atom. The first kappa shape index (κ1) is 23.6. The number of hydrogen-bond donors (Lipinski definition) is 1. The van der Waals surface area contributed by atoms with Crippen molar-refractivity contribution in [2.75, 3.05) is 0 Å². The zero-order valence-electron chi connectivity index (χ0n) is 19.3. The average Bonchev–Trinajstić information content (AvgIpc) is 2.74. The molecule has 1 N–H and O–H groups in total. The zero-order valence-corrected chi connectivity index (χ0v) is 20.1. The molecule has 3 rings (SSSR count). The van der Waals surface area contributed by atoms with Gasteiger partial charge in [0, 0.05) is 11.4 Å². The van der Waals surface area contributed by atoms with Crippen molar-refractivity contribution in [3.63, 3.8) is 0 Å². The normalized spacial score (nSPS) is 16.8. The van der Waals surface area contributed by atoms with Gasteiger partial charge >= 0.3 is 5.97 Å². The molecule has 0 radical (unpaired) electrons. The highest BCUT2D eigenvalue weighted by Gasteiger charge is 2.26. The predicted molar refractivity (Wildman–Crippen MR) is 131 cm³/mol. The fraction of sp³-hybridized carbons (Fsp3) is 0.464. The summed E-state index contributed by atoms with van der Waals surface area (Å²) in [4.78, 5) is 10.9. The first-order chi connectivity index (χ1) is 14.8. The van der Waals surface area contributed by atoms with Crippen LogP contribution in [0.4, 0.5) is 0 Å². The molecule has 2 aromatic rings. The summed E-state index contributed by atoms with van der Waals surface area (Å²) in [5.74, 6) is 0.490. The number of rotatable bonds is 8. The van der Waals surface area contributed by atoms with E-state index in [9.17, 15) is 4.79 Å². The summed E-state index contributed by atoms with van der Waals surface area (Å²) >= 11 is 6.16. The second kappa shape index (κ2) is 10.5. The molecule has 1 aliphatic carbocycles. The van der Waals surface area contributed by atoms with Crippen LogP contribution in [0.15, 0.2) is 42.0 Å². The molecular formula is C28H35ClO2. The standard InChI is InChI=1S/C28H35ClO2/c1-18(2)26-7-5-6-23(28(26)24-12-15-25(29)16-13-24)11-10-21-8-9-22(14-17-27(30)31)20(4)19(21)3/h8-9,12-13,15-16,18,26H,5-7,10-11,14,17H2,1-4H3,(H,30,31). The summed E-state index contributed by atoms with van der Waals surface area (Å²) in [6, 6.07) is 12.7. The van der Waals surface area contributed by atoms with E-state index in [1.54, 1.807) is 11.1 Å². The minimum Gasteiger partial charge on any atom is -0.481 e. The number of carboxylic acids is 1. The monoisotopic (exact) mass is 438 g/mol. The minimum atomic E-state index is -0.736. The molecule has 0 spiro atoms. The molecule has 31 heavy (non-hydrogen) atoms. The lowest BCUT2D eigenvalue weighted by molar-refractivity contribution is -0.136. The zero-order chi connectivity index (χ0) is 22.5. The van der Waals surface area contributed by atoms with Crippen LogP contribution in [-0.2, 0) is 17.6 Å². The fourth-order valence-corrected chi connectivity index (χ4v) is 5.18. The van der Waals surface area contributed by atoms with Crippen molar-refractivity contribution in [1.29, 1.82) is 0 Å². The summed E-state index contributed by atoms with van der Waals surface area (Å²) in [5.41, 5.74) is 9.56. The molecule has 0 amide bonds. The number of carboxylic acid groups (broad SMARTS) is 1. The van der Waals surface area contributed by atoms with Crippen LogP contribution in [-0.4, -0.2) is 11.1 Å². The van der Waals surface area contributed by atoms with Gasteiger partial charge < -0.3 is 5.11 Å². The summed E-state index contributed by atoms with van der Waals surface area (Å²) in [6.45, 7) is 8.99. The van der Waals surface area contributed by atoms with Gasteiger partial charge in [0.05, 0.1) is 0 Å². The molecule has 0 bridgehead atoms. The van der Waals surface area contributed by atoms with Crippen molar-refractivity contribution in [1.82, 2.24) is 0 Å². The smallest absolute Gasteiger partial charge is 0.303 e. The largest absolute Gasteiger partial charge is 0.481 e. The van der Waals surface area contributed by atoms with Crippen molar-refractivity contribution < 1.29 is 9.90 Å². The quantitative estimate of drug-likeness (QED) is 0.456. The van der Waals surface area contributed by atoms with Crippen LogP contribution in [0.5, 0.6) is 0 Å². The van der Waals surface area contributed by atoms with Gasteiger partial charge in [-0.1, -0.05) is 55.3 Å². The van der Waals surface area contributed by atoms with Crippen molar-refractivity contribution in [2.45, 2.75) is 72.6 Å². The number of allylic oxidation sites excluding steroid dienone is 2. The van der Waals surface area contributed by atoms with Gasteiger partial charge in [-0.3, -0.25) is 4.79 Å². The van der Waals surface area contributed by atoms with Crippen molar-refractivity contribution in [3.8, 4) is 0 Å². The van der Waals surface area contributed by atoms with Crippen LogP contribution >= 0.6 is 11.6 Å². The Labute approximate surface area is 192 Å². The number of aliphatic carboxylic acids is 1. The van der Waals surface area contributed by atoms with E-state index >= 15 is 0 Å². The molecule has 0 aromatic heterocycles. The number of benzene rings is 2. The van der Waals surface area contributed by atoms with Crippen LogP contribution in [0.3, 0.4) is 0 Å². The van der Waals surface area contributed by atoms with Crippen LogP contribution in [0.25, 0.3) is 5.57 Å². The topological polar surface area (TPSA) is 37.3 Å². The highest BCUT2D eigenvalue weighted by molar-refractivity contribution is 6.30. The molecule has 0 heterocycles. The first-order valence-electron chi connectivity index (χ1n) is 11.6. The summed E-state index contributed by atoms with van der Waals surface area (Å²) in [5, 5.41) is 9.79. The maximum absolute atomic E-state index is 10.9. The lowest BCUT2D eigenvalue weighted by atomic mass is 9.73. The summed E-state index contributed by atoms with van der Waals surface area (Å²) in [6.07, 6.45) is 6.60. The Bertz CT molecular complexity index is 954. The highest BCUT2D eigenvalue weighted by atomic mass is 35.5. The molecule has 1 aliphatic rings. The van der Waals surface area contributed by atoms with E-state index < -0.39 is 5.97 Å². The third kappa shape index (κ3) is 5.80. The third-order valence-electron chi connectivity index (χ3n) is 7.02. The van der Waals surface area contributed by atoms with Gasteiger partial charge in [-0.15, -0.1) is 0 Å². The Hall–Kier alpha value is -2.06. The molecular weight excluding hydrogens is 404 g/mol. The van der Waals surface area contributed by atoms with Crippen LogP contribution in [0.2, 0.25) is 5.02 Å². The van der Waals surface area contributed by atoms with E-state index in [1.165, 1.54) is 41.5 Å². The van der Waals surface area contributed by atoms with Crippen molar-refractivity contribution in [2.24, 2.45) is 11.8 Å². The van der Waals surface area contributed by atoms with Gasteiger partial charge in [0.15, 0.2) is 0 Å². The number of carbonyl (C=O) groups is 1. The van der Waals surface area contributed by atoms with E-state index in [2.05, 4.69) is 52.0 Å². The molecule has 1 unspecified atom stereocenters. The van der Waals surface area contributed by atoms with E-state index in [-0.39, 0.29) is 6.42 Å². The Kier molecular flexibility index (Phi) is 8.00. The molecule has 0 aliphatic heterocycles. The number of aryl methyl sites for hydroxylation is 2. The average molecular weight is 439 g/mol. The van der Waals surface area contributed by atoms with Crippen LogP contribution in [0.1, 0.15) is 73.8 Å². The van der Waals surface area contributed by atoms with Crippen molar-refractivity contribution >= 4 is 23.1 Å². The van der Waals surface area contributed by atoms with Gasteiger partial charge in [-0.2, -0.15) is 0 Å². The molecule has 166 valence electrons. The predicted octanol–water partition coefficient (Wildman–Crippen LogP) is 7.82. The second-order valence-electron chi connectivity index (χ2n) is 9.29. The lowest BCUT2D eigenvalue weighted by Crippen LogP contribution is -2.17. The van der Waals surface area contributed by atoms with E-state index in [0.29, 0.717) is 18.3 Å². The van der Waals surface area contributed by atoms with Crippen LogP contribution in [0, 0.1) is 25.7 Å². The van der Waals surface area contributed by atoms with E-state index in [1.807, 2.05) is 12.1 Å². The van der Waals surface area contributed by atoms with Gasteiger partial charge in [0.2, 0.25) is 0 Å². The third-order valence-corrected chi connectivity index (χ3v) is 7.27. The highest BCUT2D eigenvalue weighted by Crippen LogP contribution is 2.42. The first-order valence-corrected chi connectivity index (χ1v) is 11.9. The maximum atomic E-state index is 10.9. The SMILES string of the molecule is Cc1c(CCC(=O)O)ccc(CCC2=C(c3ccc(Cl)cc3)C(C(C)C)CCC2)c1C. The fourth-order valence-electron chi connectivity index (χ4n) is 5.05. The summed E-state index contributed by atoms with van der Waals surface area (Å²) in [7, 11) is 0. The Balaban J connectivity index is 1.87. The molecule has 2 nitrogen and oxygen atoms in total. The molecule has 3 heteroatoms. The van der Waals surface area contributed by atoms with Crippen LogP contribution < -0.4 is 0 Å². The summed E-state index contributed by atoms with van der Waals surface area (Å²) < 4.78 is 0. The Morgan fingerprint density at radius 2 is 1.61 bits per heavy atom. The van der Waals surface area contributed by atoms with E-state index in [4.69, 9.17) is 16.7 Å². The molecule has 0 saturated heterocycles. The molecule has 2 aromatic carbocycles. The molecule has 1 atom stereocenters. The number of hydrogen-bond acceptors (Lipinski definition) is 1. The lowest BCUT2D eigenvalue weighted by Gasteiger charge is -2.32. The van der Waals surface area contributed by atoms with Gasteiger partial charge in [-0.25, -0.2) is 0 Å². The minimum absolute atomic E-state index is 0.188. The van der Waals surface area contributed by atoms with E-state index in [0.717, 1.165) is 23.4 Å². The second-order valence-corrected chi connectivity index (χ2v) is 9.73. The molecule has 0 saturated carbocycles. The maximum Gasteiger partial charge on any atom is 0.303 e.